The number of Topliss-reactive ketones (excluding diaryl/α,β-unsaturated/α-hetero) is 1. The fourth-order valence-electron chi connectivity index (χ4n) is 2.69. The lowest BCUT2D eigenvalue weighted by Crippen LogP contribution is -2.32. The van der Waals surface area contributed by atoms with Gasteiger partial charge in [0.25, 0.3) is 0 Å². The van der Waals surface area contributed by atoms with E-state index in [1.807, 2.05) is 12.1 Å². The maximum absolute atomic E-state index is 12.2. The summed E-state index contributed by atoms with van der Waals surface area (Å²) in [7, 11) is 0. The van der Waals surface area contributed by atoms with Crippen LogP contribution in [0.2, 0.25) is 0 Å². The second kappa shape index (κ2) is 5.46. The molecular weight excluding hydrogens is 210 g/mol. The first kappa shape index (κ1) is 12.3. The normalized spacial score (nSPS) is 24.6. The zero-order valence-electron chi connectivity index (χ0n) is 10.5. The number of ketones is 1. The molecule has 0 saturated heterocycles. The Hall–Kier alpha value is -1.15. The van der Waals surface area contributed by atoms with E-state index in [2.05, 4.69) is 19.1 Å². The molecule has 1 aliphatic rings. The van der Waals surface area contributed by atoms with Crippen LogP contribution in [0.4, 0.5) is 0 Å². The van der Waals surface area contributed by atoms with Gasteiger partial charge in [0.05, 0.1) is 0 Å². The molecule has 0 aromatic heterocycles. The molecule has 0 radical (unpaired) electrons. The van der Waals surface area contributed by atoms with Gasteiger partial charge in [-0.3, -0.25) is 4.79 Å². The molecule has 2 rings (SSSR count). The van der Waals surface area contributed by atoms with Crippen molar-refractivity contribution in [2.24, 2.45) is 11.7 Å². The van der Waals surface area contributed by atoms with E-state index >= 15 is 0 Å². The van der Waals surface area contributed by atoms with E-state index in [0.717, 1.165) is 31.2 Å². The number of benzene rings is 1. The Morgan fingerprint density at radius 2 is 2.24 bits per heavy atom. The molecule has 2 unspecified atom stereocenters. The molecule has 1 aromatic rings. The first-order valence-corrected chi connectivity index (χ1v) is 6.49. The van der Waals surface area contributed by atoms with Crippen LogP contribution in [-0.4, -0.2) is 11.8 Å². The molecule has 2 atom stereocenters. The van der Waals surface area contributed by atoms with E-state index in [0.29, 0.717) is 12.2 Å². The molecule has 1 saturated carbocycles. The van der Waals surface area contributed by atoms with Gasteiger partial charge < -0.3 is 5.73 Å². The summed E-state index contributed by atoms with van der Waals surface area (Å²) < 4.78 is 0. The molecule has 0 bridgehead atoms. The van der Waals surface area contributed by atoms with Crippen LogP contribution in [0.5, 0.6) is 0 Å². The standard InChI is InChI=1S/C15H21NO/c1-11-4-2-5-12(8-11)9-15(17)13-6-3-7-14(16)10-13/h2,4-5,8,13-14H,3,6-7,9-10,16H2,1H3. The lowest BCUT2D eigenvalue weighted by Gasteiger charge is -2.25. The van der Waals surface area contributed by atoms with Gasteiger partial charge in [-0.25, -0.2) is 0 Å². The van der Waals surface area contributed by atoms with Crippen molar-refractivity contribution in [1.29, 1.82) is 0 Å². The van der Waals surface area contributed by atoms with Crippen molar-refractivity contribution in [3.05, 3.63) is 35.4 Å². The SMILES string of the molecule is Cc1cccc(CC(=O)C2CCCC(N)C2)c1. The van der Waals surface area contributed by atoms with Gasteiger partial charge in [-0.1, -0.05) is 36.2 Å². The summed E-state index contributed by atoms with van der Waals surface area (Å²) in [5.74, 6) is 0.560. The summed E-state index contributed by atoms with van der Waals surface area (Å²) in [6, 6.07) is 8.44. The van der Waals surface area contributed by atoms with Crippen LogP contribution >= 0.6 is 0 Å². The van der Waals surface area contributed by atoms with Crippen molar-refractivity contribution in [1.82, 2.24) is 0 Å². The van der Waals surface area contributed by atoms with Crippen molar-refractivity contribution in [3.63, 3.8) is 0 Å². The van der Waals surface area contributed by atoms with E-state index < -0.39 is 0 Å². The van der Waals surface area contributed by atoms with E-state index in [9.17, 15) is 4.79 Å². The first-order chi connectivity index (χ1) is 8.15. The van der Waals surface area contributed by atoms with Gasteiger partial charge in [-0.15, -0.1) is 0 Å². The minimum absolute atomic E-state index is 0.194. The monoisotopic (exact) mass is 231 g/mol. The molecule has 0 aliphatic heterocycles. The fourth-order valence-corrected chi connectivity index (χ4v) is 2.69. The number of hydrogen-bond donors (Lipinski definition) is 1. The zero-order valence-corrected chi connectivity index (χ0v) is 10.5. The molecule has 2 heteroatoms. The average Bonchev–Trinajstić information content (AvgIpc) is 2.29. The van der Waals surface area contributed by atoms with Gasteiger partial charge in [-0.05, 0) is 31.7 Å². The van der Waals surface area contributed by atoms with Gasteiger partial charge in [0.2, 0.25) is 0 Å². The van der Waals surface area contributed by atoms with Gasteiger partial charge in [0.15, 0.2) is 0 Å². The van der Waals surface area contributed by atoms with Crippen molar-refractivity contribution >= 4 is 5.78 Å². The summed E-state index contributed by atoms with van der Waals surface area (Å²) in [6.07, 6.45) is 4.65. The molecule has 1 aliphatic carbocycles. The van der Waals surface area contributed by atoms with Crippen LogP contribution in [0.1, 0.15) is 36.8 Å². The highest BCUT2D eigenvalue weighted by molar-refractivity contribution is 5.83. The summed E-state index contributed by atoms with van der Waals surface area (Å²) >= 11 is 0. The summed E-state index contributed by atoms with van der Waals surface area (Å²) in [6.45, 7) is 2.06. The van der Waals surface area contributed by atoms with Crippen LogP contribution in [0.15, 0.2) is 24.3 Å². The summed E-state index contributed by atoms with van der Waals surface area (Å²) in [4.78, 5) is 12.2. The highest BCUT2D eigenvalue weighted by Crippen LogP contribution is 2.25. The van der Waals surface area contributed by atoms with Crippen molar-refractivity contribution in [2.75, 3.05) is 0 Å². The van der Waals surface area contributed by atoms with E-state index in [4.69, 9.17) is 5.73 Å². The minimum atomic E-state index is 0.194. The van der Waals surface area contributed by atoms with Crippen LogP contribution in [0.3, 0.4) is 0 Å². The molecule has 1 fully saturated rings. The summed E-state index contributed by atoms with van der Waals surface area (Å²) in [5, 5.41) is 0. The number of hydrogen-bond acceptors (Lipinski definition) is 2. The predicted octanol–water partition coefficient (Wildman–Crippen LogP) is 2.62. The molecule has 0 heterocycles. The highest BCUT2D eigenvalue weighted by atomic mass is 16.1. The molecule has 92 valence electrons. The number of carbonyl (C=O) groups is 1. The van der Waals surface area contributed by atoms with Gasteiger partial charge in [-0.2, -0.15) is 0 Å². The largest absolute Gasteiger partial charge is 0.328 e. The molecular formula is C15H21NO. The van der Waals surface area contributed by atoms with E-state index in [1.54, 1.807) is 0 Å². The van der Waals surface area contributed by atoms with Gasteiger partial charge in [0.1, 0.15) is 5.78 Å². The molecule has 1 aromatic carbocycles. The van der Waals surface area contributed by atoms with E-state index in [-0.39, 0.29) is 12.0 Å². The molecule has 0 amide bonds. The van der Waals surface area contributed by atoms with Crippen LogP contribution in [-0.2, 0) is 11.2 Å². The Morgan fingerprint density at radius 1 is 1.41 bits per heavy atom. The lowest BCUT2D eigenvalue weighted by atomic mass is 9.82. The predicted molar refractivity (Wildman–Crippen MR) is 69.8 cm³/mol. The number of nitrogens with two attached hydrogens (primary N) is 1. The highest BCUT2D eigenvalue weighted by Gasteiger charge is 2.24. The quantitative estimate of drug-likeness (QED) is 0.869. The van der Waals surface area contributed by atoms with Crippen molar-refractivity contribution < 1.29 is 4.79 Å². The third-order valence-corrected chi connectivity index (χ3v) is 3.63. The third kappa shape index (κ3) is 3.40. The average molecular weight is 231 g/mol. The Morgan fingerprint density at radius 3 is 2.94 bits per heavy atom. The first-order valence-electron chi connectivity index (χ1n) is 6.49. The smallest absolute Gasteiger partial charge is 0.140 e. The van der Waals surface area contributed by atoms with Gasteiger partial charge >= 0.3 is 0 Å². The number of aryl methyl sites for hydroxylation is 1. The second-order valence-corrected chi connectivity index (χ2v) is 5.26. The maximum atomic E-state index is 12.2. The Bertz CT molecular complexity index is 400. The molecule has 2 nitrogen and oxygen atoms in total. The minimum Gasteiger partial charge on any atom is -0.328 e. The molecule has 17 heavy (non-hydrogen) atoms. The van der Waals surface area contributed by atoms with Crippen LogP contribution < -0.4 is 5.73 Å². The third-order valence-electron chi connectivity index (χ3n) is 3.63. The fraction of sp³-hybridized carbons (Fsp3) is 0.533. The topological polar surface area (TPSA) is 43.1 Å². The Labute approximate surface area is 103 Å². The Balaban J connectivity index is 1.96. The zero-order chi connectivity index (χ0) is 12.3. The number of carbonyl (C=O) groups excluding carboxylic acids is 1. The molecule has 2 N–H and O–H groups in total. The van der Waals surface area contributed by atoms with Gasteiger partial charge in [0, 0.05) is 18.4 Å². The van der Waals surface area contributed by atoms with Crippen LogP contribution in [0.25, 0.3) is 0 Å². The summed E-state index contributed by atoms with van der Waals surface area (Å²) in [5.41, 5.74) is 8.28. The number of rotatable bonds is 3. The maximum Gasteiger partial charge on any atom is 0.140 e. The van der Waals surface area contributed by atoms with Crippen LogP contribution in [0, 0.1) is 12.8 Å². The Kier molecular flexibility index (Phi) is 3.95. The van der Waals surface area contributed by atoms with E-state index in [1.165, 1.54) is 5.56 Å². The second-order valence-electron chi connectivity index (χ2n) is 5.26. The molecule has 0 spiro atoms. The lowest BCUT2D eigenvalue weighted by molar-refractivity contribution is -0.123. The van der Waals surface area contributed by atoms with Crippen molar-refractivity contribution in [2.45, 2.75) is 45.1 Å². The van der Waals surface area contributed by atoms with Crippen molar-refractivity contribution in [3.8, 4) is 0 Å².